The van der Waals surface area contributed by atoms with Gasteiger partial charge >= 0.3 is 0 Å². The fourth-order valence-electron chi connectivity index (χ4n) is 2.03. The standard InChI is InChI=1S/C15H17NO3S/c1-10-7-14(11(2)19-10)15(17)16-13-6-4-5-12(8-13)9-20(3)18/h4-8H,9H2,1-3H3,(H,16,17)/t20-/m0/s1. The number of hydrogen-bond donors (Lipinski definition) is 1. The quantitative estimate of drug-likeness (QED) is 0.942. The lowest BCUT2D eigenvalue weighted by Crippen LogP contribution is -2.12. The van der Waals surface area contributed by atoms with E-state index in [4.69, 9.17) is 4.42 Å². The molecule has 0 aliphatic rings. The molecule has 5 heteroatoms. The van der Waals surface area contributed by atoms with E-state index in [1.54, 1.807) is 26.2 Å². The summed E-state index contributed by atoms with van der Waals surface area (Å²) in [4.78, 5) is 12.2. The Morgan fingerprint density at radius 3 is 2.65 bits per heavy atom. The van der Waals surface area contributed by atoms with E-state index in [0.717, 1.165) is 5.56 Å². The number of furan rings is 1. The molecule has 0 saturated carbocycles. The Labute approximate surface area is 120 Å². The molecule has 0 bridgehead atoms. The van der Waals surface area contributed by atoms with Gasteiger partial charge in [0.1, 0.15) is 11.5 Å². The molecular weight excluding hydrogens is 274 g/mol. The van der Waals surface area contributed by atoms with Crippen molar-refractivity contribution in [3.05, 3.63) is 53.0 Å². The minimum absolute atomic E-state index is 0.200. The average molecular weight is 291 g/mol. The number of carbonyl (C=O) groups is 1. The summed E-state index contributed by atoms with van der Waals surface area (Å²) < 4.78 is 16.6. The van der Waals surface area contributed by atoms with E-state index in [1.165, 1.54) is 0 Å². The summed E-state index contributed by atoms with van der Waals surface area (Å²) in [6.45, 7) is 3.57. The van der Waals surface area contributed by atoms with E-state index in [-0.39, 0.29) is 5.91 Å². The van der Waals surface area contributed by atoms with Crippen LogP contribution in [-0.4, -0.2) is 16.4 Å². The summed E-state index contributed by atoms with van der Waals surface area (Å²) in [5.74, 6) is 1.59. The van der Waals surface area contributed by atoms with Crippen LogP contribution in [0.2, 0.25) is 0 Å². The first-order valence-electron chi connectivity index (χ1n) is 6.23. The summed E-state index contributed by atoms with van der Waals surface area (Å²) in [7, 11) is -0.902. The molecule has 1 amide bonds. The Balaban J connectivity index is 2.15. The predicted octanol–water partition coefficient (Wildman–Crippen LogP) is 3.03. The number of benzene rings is 1. The summed E-state index contributed by atoms with van der Waals surface area (Å²) in [6.07, 6.45) is 1.66. The van der Waals surface area contributed by atoms with Gasteiger partial charge in [0.15, 0.2) is 0 Å². The molecule has 0 aliphatic carbocycles. The first-order chi connectivity index (χ1) is 9.45. The number of anilines is 1. The van der Waals surface area contributed by atoms with Gasteiger partial charge in [-0.15, -0.1) is 0 Å². The van der Waals surface area contributed by atoms with E-state index in [9.17, 15) is 9.00 Å². The maximum atomic E-state index is 12.2. The molecule has 20 heavy (non-hydrogen) atoms. The number of rotatable bonds is 4. The maximum Gasteiger partial charge on any atom is 0.259 e. The smallest absolute Gasteiger partial charge is 0.259 e. The first kappa shape index (κ1) is 14.5. The Morgan fingerprint density at radius 1 is 1.30 bits per heavy atom. The van der Waals surface area contributed by atoms with Crippen LogP contribution in [0.5, 0.6) is 0 Å². The molecule has 1 aromatic heterocycles. The van der Waals surface area contributed by atoms with Crippen molar-refractivity contribution in [3.8, 4) is 0 Å². The van der Waals surface area contributed by atoms with E-state index >= 15 is 0 Å². The van der Waals surface area contributed by atoms with Gasteiger partial charge in [0.25, 0.3) is 5.91 Å². The highest BCUT2D eigenvalue weighted by molar-refractivity contribution is 7.83. The third-order valence-corrected chi connectivity index (χ3v) is 3.58. The summed E-state index contributed by atoms with van der Waals surface area (Å²) >= 11 is 0. The van der Waals surface area contributed by atoms with E-state index in [1.807, 2.05) is 24.3 Å². The second-order valence-corrected chi connectivity index (χ2v) is 6.13. The van der Waals surface area contributed by atoms with Crippen molar-refractivity contribution in [1.82, 2.24) is 0 Å². The first-order valence-corrected chi connectivity index (χ1v) is 7.96. The molecule has 4 nitrogen and oxygen atoms in total. The second-order valence-electron chi connectivity index (χ2n) is 4.70. The predicted molar refractivity (Wildman–Crippen MR) is 80.3 cm³/mol. The topological polar surface area (TPSA) is 59.3 Å². The van der Waals surface area contributed by atoms with Crippen LogP contribution < -0.4 is 5.32 Å². The molecule has 0 unspecified atom stereocenters. The van der Waals surface area contributed by atoms with Crippen LogP contribution in [0.15, 0.2) is 34.7 Å². The number of nitrogens with one attached hydrogen (secondary N) is 1. The molecular formula is C15H17NO3S. The van der Waals surface area contributed by atoms with Gasteiger partial charge in [-0.2, -0.15) is 0 Å². The molecule has 0 radical (unpaired) electrons. The SMILES string of the molecule is Cc1cc(C(=O)Nc2cccc(C[S@](C)=O)c2)c(C)o1. The van der Waals surface area contributed by atoms with Crippen molar-refractivity contribution in [1.29, 1.82) is 0 Å². The normalized spacial score (nSPS) is 12.2. The van der Waals surface area contributed by atoms with Gasteiger partial charge in [0.05, 0.1) is 5.56 Å². The zero-order chi connectivity index (χ0) is 14.7. The van der Waals surface area contributed by atoms with Crippen molar-refractivity contribution >= 4 is 22.4 Å². The van der Waals surface area contributed by atoms with Gasteiger partial charge in [-0.1, -0.05) is 12.1 Å². The molecule has 0 fully saturated rings. The number of aryl methyl sites for hydroxylation is 2. The lowest BCUT2D eigenvalue weighted by molar-refractivity contribution is 0.102. The van der Waals surface area contributed by atoms with Crippen LogP contribution in [0, 0.1) is 13.8 Å². The van der Waals surface area contributed by atoms with E-state index < -0.39 is 10.8 Å². The molecule has 1 atom stereocenters. The Bertz CT molecular complexity index is 661. The average Bonchev–Trinajstić information content (AvgIpc) is 2.68. The molecule has 1 N–H and O–H groups in total. The zero-order valence-corrected chi connectivity index (χ0v) is 12.5. The van der Waals surface area contributed by atoms with Crippen molar-refractivity contribution in [2.24, 2.45) is 0 Å². The minimum atomic E-state index is -0.902. The lowest BCUT2D eigenvalue weighted by Gasteiger charge is -2.06. The van der Waals surface area contributed by atoms with Crippen LogP contribution in [0.4, 0.5) is 5.69 Å². The van der Waals surface area contributed by atoms with Gasteiger partial charge < -0.3 is 9.73 Å². The number of hydrogen-bond acceptors (Lipinski definition) is 3. The molecule has 1 aromatic carbocycles. The highest BCUT2D eigenvalue weighted by atomic mass is 32.2. The van der Waals surface area contributed by atoms with Crippen molar-refractivity contribution < 1.29 is 13.4 Å². The lowest BCUT2D eigenvalue weighted by atomic mass is 10.2. The van der Waals surface area contributed by atoms with Gasteiger partial charge in [-0.25, -0.2) is 0 Å². The monoisotopic (exact) mass is 291 g/mol. The second kappa shape index (κ2) is 6.05. The number of carbonyl (C=O) groups excluding carboxylic acids is 1. The fraction of sp³-hybridized carbons (Fsp3) is 0.267. The summed E-state index contributed by atoms with van der Waals surface area (Å²) in [5.41, 5.74) is 2.16. The van der Waals surface area contributed by atoms with Crippen LogP contribution in [0.3, 0.4) is 0 Å². The van der Waals surface area contributed by atoms with Crippen molar-refractivity contribution in [3.63, 3.8) is 0 Å². The Hall–Kier alpha value is -1.88. The van der Waals surface area contributed by atoms with E-state index in [0.29, 0.717) is 28.5 Å². The Morgan fingerprint density at radius 2 is 2.05 bits per heavy atom. The van der Waals surface area contributed by atoms with Gasteiger partial charge in [-0.05, 0) is 37.6 Å². The molecule has 0 saturated heterocycles. The zero-order valence-electron chi connectivity index (χ0n) is 11.7. The summed E-state index contributed by atoms with van der Waals surface area (Å²) in [6, 6.07) is 9.09. The molecule has 2 aromatic rings. The Kier molecular flexibility index (Phi) is 4.39. The molecule has 0 aliphatic heterocycles. The molecule has 2 rings (SSSR count). The largest absolute Gasteiger partial charge is 0.466 e. The molecule has 1 heterocycles. The van der Waals surface area contributed by atoms with Crippen LogP contribution in [0.25, 0.3) is 0 Å². The van der Waals surface area contributed by atoms with E-state index in [2.05, 4.69) is 5.32 Å². The highest BCUT2D eigenvalue weighted by Gasteiger charge is 2.13. The molecule has 106 valence electrons. The van der Waals surface area contributed by atoms with Gasteiger partial charge in [0.2, 0.25) is 0 Å². The number of amides is 1. The van der Waals surface area contributed by atoms with Crippen molar-refractivity contribution in [2.75, 3.05) is 11.6 Å². The minimum Gasteiger partial charge on any atom is -0.466 e. The third kappa shape index (κ3) is 3.57. The maximum absolute atomic E-state index is 12.2. The van der Waals surface area contributed by atoms with Crippen LogP contribution in [0.1, 0.15) is 27.4 Å². The fourth-order valence-corrected chi connectivity index (χ4v) is 2.68. The van der Waals surface area contributed by atoms with Gasteiger partial charge in [-0.3, -0.25) is 9.00 Å². The van der Waals surface area contributed by atoms with Crippen LogP contribution >= 0.6 is 0 Å². The van der Waals surface area contributed by atoms with Gasteiger partial charge in [0, 0.05) is 28.5 Å². The van der Waals surface area contributed by atoms with Crippen molar-refractivity contribution in [2.45, 2.75) is 19.6 Å². The molecule has 0 spiro atoms. The third-order valence-electron chi connectivity index (χ3n) is 2.84. The van der Waals surface area contributed by atoms with Crippen LogP contribution in [-0.2, 0) is 16.6 Å². The summed E-state index contributed by atoms with van der Waals surface area (Å²) in [5, 5.41) is 2.83. The highest BCUT2D eigenvalue weighted by Crippen LogP contribution is 2.17.